The van der Waals surface area contributed by atoms with Crippen LogP contribution < -0.4 is 14.9 Å². The first kappa shape index (κ1) is 20.9. The number of hydrazine groups is 1. The highest BCUT2D eigenvalue weighted by Gasteiger charge is 2.30. The van der Waals surface area contributed by atoms with E-state index < -0.39 is 11.8 Å². The number of nitrogens with one attached hydrogen (secondary N) is 1. The van der Waals surface area contributed by atoms with Crippen molar-refractivity contribution in [2.75, 3.05) is 13.7 Å². The Balaban J connectivity index is 1.63. The Morgan fingerprint density at radius 3 is 2.25 bits per heavy atom. The van der Waals surface area contributed by atoms with Gasteiger partial charge in [0.15, 0.2) is 12.4 Å². The zero-order chi connectivity index (χ0) is 22.3. The fourth-order valence-electron chi connectivity index (χ4n) is 3.07. The first-order valence-corrected chi connectivity index (χ1v) is 9.96. The Morgan fingerprint density at radius 2 is 1.59 bits per heavy atom. The lowest BCUT2D eigenvalue weighted by Crippen LogP contribution is -2.54. The first-order chi connectivity index (χ1) is 15.6. The summed E-state index contributed by atoms with van der Waals surface area (Å²) in [6.45, 7) is -0.256. The van der Waals surface area contributed by atoms with Crippen molar-refractivity contribution in [2.45, 2.75) is 0 Å². The monoisotopic (exact) mass is 427 g/mol. The van der Waals surface area contributed by atoms with Crippen LogP contribution in [0, 0.1) is 0 Å². The highest BCUT2D eigenvalue weighted by molar-refractivity contribution is 6.15. The lowest BCUT2D eigenvalue weighted by Gasteiger charge is -2.28. The van der Waals surface area contributed by atoms with E-state index in [-0.39, 0.29) is 12.3 Å². The fraction of sp³-hybridized carbons (Fsp3) is 0.0800. The van der Waals surface area contributed by atoms with Gasteiger partial charge in [-0.25, -0.2) is 4.99 Å². The van der Waals surface area contributed by atoms with Crippen LogP contribution in [0.15, 0.2) is 95.6 Å². The number of rotatable bonds is 6. The Kier molecular flexibility index (Phi) is 6.27. The van der Waals surface area contributed by atoms with Gasteiger partial charge in [0, 0.05) is 5.56 Å². The largest absolute Gasteiger partial charge is 0.497 e. The summed E-state index contributed by atoms with van der Waals surface area (Å²) in [5, 5.41) is 1.13. The van der Waals surface area contributed by atoms with E-state index in [0.29, 0.717) is 22.9 Å². The van der Waals surface area contributed by atoms with Gasteiger partial charge in [-0.1, -0.05) is 60.7 Å². The van der Waals surface area contributed by atoms with Gasteiger partial charge >= 0.3 is 0 Å². The second-order valence-corrected chi connectivity index (χ2v) is 6.88. The van der Waals surface area contributed by atoms with Gasteiger partial charge in [0.25, 0.3) is 11.8 Å². The average molecular weight is 427 g/mol. The molecule has 1 heterocycles. The molecule has 2 amide bonds. The van der Waals surface area contributed by atoms with Crippen molar-refractivity contribution in [1.29, 1.82) is 0 Å². The number of hydrogen-bond acceptors (Lipinski definition) is 5. The van der Waals surface area contributed by atoms with E-state index in [1.165, 1.54) is 0 Å². The van der Waals surface area contributed by atoms with Crippen molar-refractivity contribution >= 4 is 23.7 Å². The number of carbonyl (C=O) groups excluding carboxylic acids is 2. The number of aliphatic imine (C=N–C) groups is 1. The van der Waals surface area contributed by atoms with Crippen LogP contribution >= 0.6 is 0 Å². The molecule has 0 radical (unpaired) electrons. The number of para-hydroxylation sites is 1. The minimum absolute atomic E-state index is 0.182. The smallest absolute Gasteiger partial charge is 0.288 e. The summed E-state index contributed by atoms with van der Waals surface area (Å²) in [5.74, 6) is 0.639. The first-order valence-electron chi connectivity index (χ1n) is 9.96. The van der Waals surface area contributed by atoms with Crippen LogP contribution in [0.1, 0.15) is 11.1 Å². The van der Waals surface area contributed by atoms with Crippen molar-refractivity contribution in [1.82, 2.24) is 10.4 Å². The molecule has 0 saturated heterocycles. The Morgan fingerprint density at radius 1 is 0.938 bits per heavy atom. The third-order valence-electron chi connectivity index (χ3n) is 4.69. The molecule has 7 heteroatoms. The Labute approximate surface area is 185 Å². The Bertz CT molecular complexity index is 1160. The molecule has 0 atom stereocenters. The minimum atomic E-state index is -0.492. The van der Waals surface area contributed by atoms with E-state index in [9.17, 15) is 9.59 Å². The van der Waals surface area contributed by atoms with Gasteiger partial charge in [0.1, 0.15) is 17.2 Å². The van der Waals surface area contributed by atoms with Crippen molar-refractivity contribution in [3.05, 3.63) is 102 Å². The molecule has 1 N–H and O–H groups in total. The molecule has 0 bridgehead atoms. The molecule has 0 spiro atoms. The normalized spacial score (nSPS) is 14.5. The summed E-state index contributed by atoms with van der Waals surface area (Å²) < 4.78 is 10.7. The highest BCUT2D eigenvalue weighted by atomic mass is 16.5. The quantitative estimate of drug-likeness (QED) is 0.611. The number of methoxy groups -OCH3 is 1. The summed E-state index contributed by atoms with van der Waals surface area (Å²) in [7, 11) is 1.59. The minimum Gasteiger partial charge on any atom is -0.497 e. The molecule has 0 aromatic heterocycles. The number of benzene rings is 3. The lowest BCUT2D eigenvalue weighted by atomic mass is 10.1. The van der Waals surface area contributed by atoms with E-state index in [1.807, 2.05) is 60.7 Å². The molecule has 4 rings (SSSR count). The fourth-order valence-corrected chi connectivity index (χ4v) is 3.07. The molecule has 0 fully saturated rings. The summed E-state index contributed by atoms with van der Waals surface area (Å²) in [6.07, 6.45) is 1.65. The second kappa shape index (κ2) is 9.61. The molecule has 32 heavy (non-hydrogen) atoms. The van der Waals surface area contributed by atoms with Gasteiger partial charge in [0.2, 0.25) is 0 Å². The third kappa shape index (κ3) is 4.84. The molecule has 0 unspecified atom stereocenters. The van der Waals surface area contributed by atoms with Gasteiger partial charge in [-0.2, -0.15) is 5.01 Å². The number of ether oxygens (including phenoxy) is 2. The van der Waals surface area contributed by atoms with Gasteiger partial charge in [-0.3, -0.25) is 15.0 Å². The third-order valence-corrected chi connectivity index (χ3v) is 4.69. The number of hydrogen-bond donors (Lipinski definition) is 1. The zero-order valence-corrected chi connectivity index (χ0v) is 17.4. The van der Waals surface area contributed by atoms with Gasteiger partial charge < -0.3 is 9.47 Å². The molecular formula is C25H21N3O4. The summed E-state index contributed by atoms with van der Waals surface area (Å²) in [6, 6.07) is 25.4. The predicted molar refractivity (Wildman–Crippen MR) is 121 cm³/mol. The number of nitrogens with zero attached hydrogens (tertiary/aromatic N) is 2. The van der Waals surface area contributed by atoms with Gasteiger partial charge in [-0.15, -0.1) is 0 Å². The maximum absolute atomic E-state index is 12.9. The van der Waals surface area contributed by atoms with Crippen molar-refractivity contribution in [2.24, 2.45) is 4.99 Å². The number of carbonyl (C=O) groups is 2. The van der Waals surface area contributed by atoms with Gasteiger partial charge in [-0.05, 0) is 35.9 Å². The standard InChI is InChI=1S/C25H21N3O4/c1-31-20-14-12-18(13-15-20)16-22-25(30)27-28(24(26-22)19-8-4-2-5-9-19)23(29)17-32-21-10-6-3-7-11-21/h2-16H,17H2,1H3,(H,27,30)/b22-16+. The van der Waals surface area contributed by atoms with Crippen LogP contribution in [0.4, 0.5) is 0 Å². The highest BCUT2D eigenvalue weighted by Crippen LogP contribution is 2.19. The van der Waals surface area contributed by atoms with E-state index in [4.69, 9.17) is 9.47 Å². The SMILES string of the molecule is COc1ccc(/C=C2/N=C(c3ccccc3)N(C(=O)COc3ccccc3)NC2=O)cc1. The number of amidine groups is 1. The topological polar surface area (TPSA) is 80.2 Å². The van der Waals surface area contributed by atoms with Crippen molar-refractivity contribution in [3.8, 4) is 11.5 Å². The molecule has 1 aliphatic heterocycles. The molecule has 1 aliphatic rings. The maximum Gasteiger partial charge on any atom is 0.288 e. The van der Waals surface area contributed by atoms with Gasteiger partial charge in [0.05, 0.1) is 7.11 Å². The van der Waals surface area contributed by atoms with Crippen LogP contribution in [-0.2, 0) is 9.59 Å². The van der Waals surface area contributed by atoms with E-state index >= 15 is 0 Å². The van der Waals surface area contributed by atoms with Crippen LogP contribution in [-0.4, -0.2) is 36.4 Å². The lowest BCUT2D eigenvalue weighted by molar-refractivity contribution is -0.137. The number of amides is 2. The molecule has 3 aromatic carbocycles. The van der Waals surface area contributed by atoms with E-state index in [0.717, 1.165) is 10.6 Å². The van der Waals surface area contributed by atoms with Crippen LogP contribution in [0.2, 0.25) is 0 Å². The summed E-state index contributed by atoms with van der Waals surface area (Å²) in [4.78, 5) is 30.2. The van der Waals surface area contributed by atoms with Crippen LogP contribution in [0.5, 0.6) is 11.5 Å². The summed E-state index contributed by atoms with van der Waals surface area (Å²) in [5.41, 5.74) is 4.28. The Hall–Kier alpha value is -4.39. The summed E-state index contributed by atoms with van der Waals surface area (Å²) >= 11 is 0. The molecule has 0 aliphatic carbocycles. The average Bonchev–Trinajstić information content (AvgIpc) is 2.85. The molecule has 3 aromatic rings. The van der Waals surface area contributed by atoms with Crippen molar-refractivity contribution in [3.63, 3.8) is 0 Å². The van der Waals surface area contributed by atoms with Crippen molar-refractivity contribution < 1.29 is 19.1 Å². The predicted octanol–water partition coefficient (Wildman–Crippen LogP) is 3.44. The van der Waals surface area contributed by atoms with E-state index in [2.05, 4.69) is 10.4 Å². The molecule has 7 nitrogen and oxygen atoms in total. The van der Waals surface area contributed by atoms with E-state index in [1.54, 1.807) is 37.5 Å². The van der Waals surface area contributed by atoms with Crippen LogP contribution in [0.25, 0.3) is 6.08 Å². The van der Waals surface area contributed by atoms with Crippen LogP contribution in [0.3, 0.4) is 0 Å². The molecular weight excluding hydrogens is 406 g/mol. The molecule has 160 valence electrons. The second-order valence-electron chi connectivity index (χ2n) is 6.88. The molecule has 0 saturated carbocycles. The zero-order valence-electron chi connectivity index (χ0n) is 17.4. The maximum atomic E-state index is 12.9.